The lowest BCUT2D eigenvalue weighted by Crippen LogP contribution is -2.33. The molecule has 1 rings (SSSR count). The van der Waals surface area contributed by atoms with Gasteiger partial charge in [0.1, 0.15) is 0 Å². The Morgan fingerprint density at radius 2 is 2.62 bits per heavy atom. The first-order valence-corrected chi connectivity index (χ1v) is 3.20. The Morgan fingerprint density at radius 1 is 1.88 bits per heavy atom. The highest BCUT2D eigenvalue weighted by atomic mass is 32.1. The first-order chi connectivity index (χ1) is 3.84. The summed E-state index contributed by atoms with van der Waals surface area (Å²) in [5.74, 6) is 0. The monoisotopic (exact) mass is 130 g/mol. The summed E-state index contributed by atoms with van der Waals surface area (Å²) in [5.41, 5.74) is 0. The van der Waals surface area contributed by atoms with Gasteiger partial charge in [-0.3, -0.25) is 10.2 Å². The number of rotatable bonds is 1. The van der Waals surface area contributed by atoms with Gasteiger partial charge in [0, 0.05) is 18.5 Å². The third kappa shape index (κ3) is 1.05. The van der Waals surface area contributed by atoms with Crippen LogP contribution in [0.2, 0.25) is 0 Å². The molecule has 3 heteroatoms. The molecule has 1 atom stereocenters. The van der Waals surface area contributed by atoms with Gasteiger partial charge in [-0.1, -0.05) is 12.2 Å². The number of likely N-dealkylation sites (N-methyl/N-ethyl adjacent to an activating group) is 1. The van der Waals surface area contributed by atoms with E-state index in [1.807, 2.05) is 0 Å². The van der Waals surface area contributed by atoms with Crippen molar-refractivity contribution in [3.05, 3.63) is 0 Å². The summed E-state index contributed by atoms with van der Waals surface area (Å²) in [5, 5.41) is 4.98. The molecule has 1 N–H and O–H groups in total. The van der Waals surface area contributed by atoms with E-state index in [0.717, 1.165) is 13.1 Å². The van der Waals surface area contributed by atoms with Crippen LogP contribution in [0.1, 0.15) is 0 Å². The Bertz CT molecular complexity index is 94.4. The van der Waals surface area contributed by atoms with E-state index in [-0.39, 0.29) is 0 Å². The number of nitrogens with one attached hydrogen (secondary N) is 1. The number of hydrogen-bond acceptors (Lipinski definition) is 3. The van der Waals surface area contributed by atoms with Crippen LogP contribution in [0.3, 0.4) is 0 Å². The lowest BCUT2D eigenvalue weighted by atomic mass is 10.5. The van der Waals surface area contributed by atoms with E-state index in [0.29, 0.717) is 6.17 Å². The highest BCUT2D eigenvalue weighted by molar-refractivity contribution is 7.79. The zero-order chi connectivity index (χ0) is 5.98. The molecule has 0 spiro atoms. The van der Waals surface area contributed by atoms with E-state index >= 15 is 0 Å². The molecule has 1 saturated heterocycles. The predicted octanol–water partition coefficient (Wildman–Crippen LogP) is -0.153. The Labute approximate surface area is 54.9 Å². The Hall–Kier alpha value is 0.01000. The van der Waals surface area contributed by atoms with Gasteiger partial charge in [0.15, 0.2) is 0 Å². The van der Waals surface area contributed by atoms with Gasteiger partial charge in [-0.15, -0.1) is 0 Å². The van der Waals surface area contributed by atoms with Gasteiger partial charge in [0.05, 0.1) is 6.17 Å². The van der Waals surface area contributed by atoms with Gasteiger partial charge in [0.25, 0.3) is 0 Å². The fraction of sp³-hybridized carbons (Fsp3) is 0.800. The van der Waals surface area contributed by atoms with Crippen molar-refractivity contribution in [3.8, 4) is 0 Å². The van der Waals surface area contributed by atoms with Crippen molar-refractivity contribution < 1.29 is 0 Å². The van der Waals surface area contributed by atoms with Gasteiger partial charge in [-0.25, -0.2) is 0 Å². The molecule has 0 aliphatic carbocycles. The maximum Gasteiger partial charge on any atom is 0.0892 e. The second-order valence-electron chi connectivity index (χ2n) is 2.02. The quantitative estimate of drug-likeness (QED) is 0.497. The molecule has 1 aliphatic rings. The van der Waals surface area contributed by atoms with E-state index in [1.165, 1.54) is 0 Å². The van der Waals surface area contributed by atoms with Crippen molar-refractivity contribution in [1.82, 2.24) is 10.2 Å². The number of nitrogens with zero attached hydrogens (tertiary/aromatic N) is 1. The topological polar surface area (TPSA) is 15.3 Å². The van der Waals surface area contributed by atoms with E-state index in [1.54, 1.807) is 5.37 Å². The summed E-state index contributed by atoms with van der Waals surface area (Å²) in [4.78, 5) is 2.19. The van der Waals surface area contributed by atoms with Gasteiger partial charge < -0.3 is 0 Å². The van der Waals surface area contributed by atoms with E-state index in [9.17, 15) is 0 Å². The average molecular weight is 130 g/mol. The molecule has 0 bridgehead atoms. The molecule has 1 aliphatic heterocycles. The highest BCUT2D eigenvalue weighted by Gasteiger charge is 2.15. The summed E-state index contributed by atoms with van der Waals surface area (Å²) in [6, 6.07) is 0. The van der Waals surface area contributed by atoms with E-state index in [4.69, 9.17) is 12.2 Å². The largest absolute Gasteiger partial charge is 0.296 e. The lowest BCUT2D eigenvalue weighted by Gasteiger charge is -2.12. The number of hydrogen-bond donors (Lipinski definition) is 1. The Morgan fingerprint density at radius 3 is 2.88 bits per heavy atom. The molecule has 1 heterocycles. The third-order valence-electron chi connectivity index (χ3n) is 1.42. The van der Waals surface area contributed by atoms with Gasteiger partial charge in [-0.05, 0) is 7.05 Å². The maximum absolute atomic E-state index is 4.76. The van der Waals surface area contributed by atoms with Crippen molar-refractivity contribution in [1.29, 1.82) is 0 Å². The number of thiocarbonyl (C=S) groups is 1. The minimum absolute atomic E-state index is 0.338. The molecular weight excluding hydrogens is 120 g/mol. The maximum atomic E-state index is 4.76. The van der Waals surface area contributed by atoms with E-state index in [2.05, 4.69) is 17.3 Å². The van der Waals surface area contributed by atoms with Gasteiger partial charge >= 0.3 is 0 Å². The molecule has 0 aromatic heterocycles. The van der Waals surface area contributed by atoms with Crippen LogP contribution in [-0.4, -0.2) is 36.6 Å². The van der Waals surface area contributed by atoms with E-state index < -0.39 is 0 Å². The lowest BCUT2D eigenvalue weighted by molar-refractivity contribution is 0.369. The molecule has 0 aromatic rings. The normalized spacial score (nSPS) is 30.9. The second kappa shape index (κ2) is 2.53. The van der Waals surface area contributed by atoms with Crippen molar-refractivity contribution in [2.45, 2.75) is 6.17 Å². The molecule has 1 unspecified atom stereocenters. The van der Waals surface area contributed by atoms with Crippen LogP contribution in [0, 0.1) is 0 Å². The molecule has 0 saturated carbocycles. The zero-order valence-corrected chi connectivity index (χ0v) is 5.74. The van der Waals surface area contributed by atoms with Crippen molar-refractivity contribution in [3.63, 3.8) is 0 Å². The van der Waals surface area contributed by atoms with Crippen molar-refractivity contribution >= 4 is 17.6 Å². The van der Waals surface area contributed by atoms with Crippen molar-refractivity contribution in [2.75, 3.05) is 20.1 Å². The van der Waals surface area contributed by atoms with Crippen molar-refractivity contribution in [2.24, 2.45) is 0 Å². The predicted molar refractivity (Wildman–Crippen MR) is 38.1 cm³/mol. The summed E-state index contributed by atoms with van der Waals surface area (Å²) >= 11 is 4.76. The van der Waals surface area contributed by atoms with Crippen LogP contribution in [0.5, 0.6) is 0 Å². The molecule has 1 fully saturated rings. The minimum Gasteiger partial charge on any atom is -0.296 e. The first-order valence-electron chi connectivity index (χ1n) is 2.73. The summed E-state index contributed by atoms with van der Waals surface area (Å²) in [6.07, 6.45) is 0.338. The highest BCUT2D eigenvalue weighted by Crippen LogP contribution is 1.94. The van der Waals surface area contributed by atoms with Gasteiger partial charge in [-0.2, -0.15) is 0 Å². The molecule has 8 heavy (non-hydrogen) atoms. The molecule has 2 nitrogen and oxygen atoms in total. The second-order valence-corrected chi connectivity index (χ2v) is 2.29. The first kappa shape index (κ1) is 6.13. The SMILES string of the molecule is CN1CCNC1C=S. The van der Waals surface area contributed by atoms with Crippen LogP contribution in [0.4, 0.5) is 0 Å². The zero-order valence-electron chi connectivity index (χ0n) is 4.92. The molecule has 46 valence electrons. The smallest absolute Gasteiger partial charge is 0.0892 e. The fourth-order valence-electron chi connectivity index (χ4n) is 0.836. The molecule has 0 amide bonds. The molecule has 0 aromatic carbocycles. The molecule has 0 radical (unpaired) electrons. The Kier molecular flexibility index (Phi) is 1.94. The molecular formula is C5H10N2S. The fourth-order valence-corrected chi connectivity index (χ4v) is 1.14. The Balaban J connectivity index is 2.41. The van der Waals surface area contributed by atoms with Crippen LogP contribution in [0.15, 0.2) is 0 Å². The van der Waals surface area contributed by atoms with Crippen LogP contribution < -0.4 is 5.32 Å². The summed E-state index contributed by atoms with van der Waals surface area (Å²) in [6.45, 7) is 2.17. The average Bonchev–Trinajstić information content (AvgIpc) is 2.14. The van der Waals surface area contributed by atoms with Crippen LogP contribution >= 0.6 is 12.2 Å². The minimum atomic E-state index is 0.338. The summed E-state index contributed by atoms with van der Waals surface area (Å²) in [7, 11) is 2.06. The van der Waals surface area contributed by atoms with Crippen LogP contribution in [-0.2, 0) is 0 Å². The standard InChI is InChI=1S/C5H10N2S/c1-7-3-2-6-5(7)4-8/h4-6H,2-3H2,1H3. The van der Waals surface area contributed by atoms with Gasteiger partial charge in [0.2, 0.25) is 0 Å². The van der Waals surface area contributed by atoms with Crippen LogP contribution in [0.25, 0.3) is 0 Å². The third-order valence-corrected chi connectivity index (χ3v) is 1.68. The summed E-state index contributed by atoms with van der Waals surface area (Å²) < 4.78 is 0.